The standard InChI is InChI=1S/C14H20ClNO/c1-3-16(4-2)14(17)13(15)11-10-12-8-6-5-7-9-12/h5-9,13H,3-4,10-11H2,1-2H3. The number of amides is 1. The molecule has 0 heterocycles. The van der Waals surface area contributed by atoms with Crippen LogP contribution in [0.1, 0.15) is 25.8 Å². The number of halogens is 1. The Labute approximate surface area is 109 Å². The minimum atomic E-state index is -0.407. The number of rotatable bonds is 6. The second kappa shape index (κ2) is 7.33. The fourth-order valence-electron chi connectivity index (χ4n) is 1.79. The molecule has 0 saturated heterocycles. The quantitative estimate of drug-likeness (QED) is 0.714. The summed E-state index contributed by atoms with van der Waals surface area (Å²) in [6, 6.07) is 10.1. The monoisotopic (exact) mass is 253 g/mol. The molecule has 0 aliphatic rings. The zero-order valence-electron chi connectivity index (χ0n) is 10.5. The van der Waals surface area contributed by atoms with Crippen LogP contribution >= 0.6 is 11.6 Å². The van der Waals surface area contributed by atoms with Gasteiger partial charge in [-0.05, 0) is 32.3 Å². The molecule has 1 amide bonds. The molecule has 1 aromatic rings. The van der Waals surface area contributed by atoms with Crippen LogP contribution in [0.3, 0.4) is 0 Å². The lowest BCUT2D eigenvalue weighted by atomic mass is 10.1. The summed E-state index contributed by atoms with van der Waals surface area (Å²) in [5.74, 6) is 0.0487. The van der Waals surface area contributed by atoms with E-state index in [2.05, 4.69) is 12.1 Å². The van der Waals surface area contributed by atoms with Crippen LogP contribution in [0.2, 0.25) is 0 Å². The van der Waals surface area contributed by atoms with Crippen LogP contribution < -0.4 is 0 Å². The molecule has 0 aliphatic heterocycles. The van der Waals surface area contributed by atoms with Gasteiger partial charge in [0.2, 0.25) is 5.91 Å². The number of carbonyl (C=O) groups excluding carboxylic acids is 1. The molecule has 0 saturated carbocycles. The van der Waals surface area contributed by atoms with Crippen molar-refractivity contribution >= 4 is 17.5 Å². The van der Waals surface area contributed by atoms with E-state index in [1.54, 1.807) is 4.90 Å². The number of hydrogen-bond acceptors (Lipinski definition) is 1. The highest BCUT2D eigenvalue weighted by Gasteiger charge is 2.19. The highest BCUT2D eigenvalue weighted by atomic mass is 35.5. The van der Waals surface area contributed by atoms with Crippen molar-refractivity contribution in [3.63, 3.8) is 0 Å². The van der Waals surface area contributed by atoms with E-state index in [-0.39, 0.29) is 5.91 Å². The number of aryl methyl sites for hydroxylation is 1. The largest absolute Gasteiger partial charge is 0.342 e. The summed E-state index contributed by atoms with van der Waals surface area (Å²) >= 11 is 6.14. The Morgan fingerprint density at radius 3 is 2.35 bits per heavy atom. The molecule has 94 valence electrons. The third-order valence-corrected chi connectivity index (χ3v) is 3.28. The summed E-state index contributed by atoms with van der Waals surface area (Å²) in [6.07, 6.45) is 1.54. The molecule has 0 N–H and O–H groups in total. The van der Waals surface area contributed by atoms with Crippen LogP contribution in [0.5, 0.6) is 0 Å². The Hall–Kier alpha value is -1.02. The molecule has 1 aromatic carbocycles. The molecule has 0 spiro atoms. The minimum Gasteiger partial charge on any atom is -0.342 e. The van der Waals surface area contributed by atoms with Gasteiger partial charge in [0.25, 0.3) is 0 Å². The molecule has 0 radical (unpaired) electrons. The lowest BCUT2D eigenvalue weighted by Gasteiger charge is -2.21. The van der Waals surface area contributed by atoms with Gasteiger partial charge in [-0.3, -0.25) is 4.79 Å². The van der Waals surface area contributed by atoms with Gasteiger partial charge in [-0.1, -0.05) is 30.3 Å². The molecule has 0 aromatic heterocycles. The molecule has 2 nitrogen and oxygen atoms in total. The van der Waals surface area contributed by atoms with Gasteiger partial charge in [-0.15, -0.1) is 11.6 Å². The van der Waals surface area contributed by atoms with Crippen molar-refractivity contribution in [2.24, 2.45) is 0 Å². The first-order valence-electron chi connectivity index (χ1n) is 6.15. The zero-order chi connectivity index (χ0) is 12.7. The van der Waals surface area contributed by atoms with E-state index in [1.165, 1.54) is 5.56 Å². The van der Waals surface area contributed by atoms with Gasteiger partial charge in [0.05, 0.1) is 0 Å². The van der Waals surface area contributed by atoms with Crippen molar-refractivity contribution < 1.29 is 4.79 Å². The molecular formula is C14H20ClNO. The van der Waals surface area contributed by atoms with Gasteiger partial charge in [0.1, 0.15) is 5.38 Å². The Bertz CT molecular complexity index is 335. The first-order chi connectivity index (χ1) is 8.19. The molecular weight excluding hydrogens is 234 g/mol. The van der Waals surface area contributed by atoms with Gasteiger partial charge in [0.15, 0.2) is 0 Å². The van der Waals surface area contributed by atoms with E-state index in [0.717, 1.165) is 19.5 Å². The number of carbonyl (C=O) groups is 1. The second-order valence-electron chi connectivity index (χ2n) is 4.00. The molecule has 0 fully saturated rings. The smallest absolute Gasteiger partial charge is 0.240 e. The van der Waals surface area contributed by atoms with E-state index in [0.29, 0.717) is 6.42 Å². The summed E-state index contributed by atoms with van der Waals surface area (Å²) in [6.45, 7) is 5.40. The first kappa shape index (κ1) is 14.0. The van der Waals surface area contributed by atoms with Gasteiger partial charge in [-0.25, -0.2) is 0 Å². The third kappa shape index (κ3) is 4.39. The SMILES string of the molecule is CCN(CC)C(=O)C(Cl)CCc1ccccc1. The lowest BCUT2D eigenvalue weighted by Crippen LogP contribution is -2.36. The summed E-state index contributed by atoms with van der Waals surface area (Å²) in [5.41, 5.74) is 1.23. The van der Waals surface area contributed by atoms with Crippen LogP contribution in [0, 0.1) is 0 Å². The summed E-state index contributed by atoms with van der Waals surface area (Å²) < 4.78 is 0. The maximum absolute atomic E-state index is 11.9. The fourth-order valence-corrected chi connectivity index (χ4v) is 2.04. The molecule has 1 unspecified atom stereocenters. The number of alkyl halides is 1. The topological polar surface area (TPSA) is 20.3 Å². The highest BCUT2D eigenvalue weighted by Crippen LogP contribution is 2.12. The predicted molar refractivity (Wildman–Crippen MR) is 72.3 cm³/mol. The van der Waals surface area contributed by atoms with Crippen molar-refractivity contribution in [2.45, 2.75) is 32.1 Å². The maximum Gasteiger partial charge on any atom is 0.240 e. The predicted octanol–water partition coefficient (Wildman–Crippen LogP) is 3.10. The van der Waals surface area contributed by atoms with E-state index >= 15 is 0 Å². The number of benzene rings is 1. The van der Waals surface area contributed by atoms with Crippen LogP contribution in [0.15, 0.2) is 30.3 Å². The number of nitrogens with zero attached hydrogens (tertiary/aromatic N) is 1. The molecule has 0 bridgehead atoms. The average Bonchev–Trinajstić information content (AvgIpc) is 2.38. The zero-order valence-corrected chi connectivity index (χ0v) is 11.3. The van der Waals surface area contributed by atoms with Crippen molar-refractivity contribution in [3.8, 4) is 0 Å². The van der Waals surface area contributed by atoms with Crippen LogP contribution in [0.4, 0.5) is 0 Å². The van der Waals surface area contributed by atoms with Crippen molar-refractivity contribution in [2.75, 3.05) is 13.1 Å². The Morgan fingerprint density at radius 1 is 1.24 bits per heavy atom. The Morgan fingerprint density at radius 2 is 1.82 bits per heavy atom. The minimum absolute atomic E-state index is 0.0487. The Balaban J connectivity index is 2.44. The van der Waals surface area contributed by atoms with Gasteiger partial charge < -0.3 is 4.90 Å². The van der Waals surface area contributed by atoms with Crippen LogP contribution in [0.25, 0.3) is 0 Å². The van der Waals surface area contributed by atoms with Crippen LogP contribution in [-0.2, 0) is 11.2 Å². The lowest BCUT2D eigenvalue weighted by molar-refractivity contribution is -0.130. The summed E-state index contributed by atoms with van der Waals surface area (Å²) in [7, 11) is 0. The fraction of sp³-hybridized carbons (Fsp3) is 0.500. The van der Waals surface area contributed by atoms with Crippen molar-refractivity contribution in [3.05, 3.63) is 35.9 Å². The van der Waals surface area contributed by atoms with Gasteiger partial charge in [0, 0.05) is 13.1 Å². The molecule has 1 atom stereocenters. The van der Waals surface area contributed by atoms with E-state index in [9.17, 15) is 4.79 Å². The normalized spacial score (nSPS) is 12.2. The molecule has 3 heteroatoms. The summed E-state index contributed by atoms with van der Waals surface area (Å²) in [5, 5.41) is -0.407. The van der Waals surface area contributed by atoms with E-state index < -0.39 is 5.38 Å². The first-order valence-corrected chi connectivity index (χ1v) is 6.59. The van der Waals surface area contributed by atoms with E-state index in [1.807, 2.05) is 32.0 Å². The highest BCUT2D eigenvalue weighted by molar-refractivity contribution is 6.30. The molecule has 1 rings (SSSR count). The van der Waals surface area contributed by atoms with E-state index in [4.69, 9.17) is 11.6 Å². The molecule has 17 heavy (non-hydrogen) atoms. The van der Waals surface area contributed by atoms with Crippen molar-refractivity contribution in [1.82, 2.24) is 4.90 Å². The summed E-state index contributed by atoms with van der Waals surface area (Å²) in [4.78, 5) is 13.7. The number of hydrogen-bond donors (Lipinski definition) is 0. The third-order valence-electron chi connectivity index (χ3n) is 2.87. The van der Waals surface area contributed by atoms with Crippen LogP contribution in [-0.4, -0.2) is 29.3 Å². The molecule has 0 aliphatic carbocycles. The van der Waals surface area contributed by atoms with Gasteiger partial charge in [-0.2, -0.15) is 0 Å². The van der Waals surface area contributed by atoms with Gasteiger partial charge >= 0.3 is 0 Å². The maximum atomic E-state index is 11.9. The Kier molecular flexibility index (Phi) is 6.06. The average molecular weight is 254 g/mol. The van der Waals surface area contributed by atoms with Crippen molar-refractivity contribution in [1.29, 1.82) is 0 Å². The second-order valence-corrected chi connectivity index (χ2v) is 4.53.